The lowest BCUT2D eigenvalue weighted by Gasteiger charge is -2.14. The minimum atomic E-state index is -0.439. The van der Waals surface area contributed by atoms with Gasteiger partial charge in [-0.25, -0.2) is 18.9 Å². The van der Waals surface area contributed by atoms with Crippen LogP contribution in [0, 0.1) is 0 Å². The highest BCUT2D eigenvalue weighted by Crippen LogP contribution is 2.39. The fourth-order valence-electron chi connectivity index (χ4n) is 3.35. The summed E-state index contributed by atoms with van der Waals surface area (Å²) in [5, 5.41) is 7.70. The van der Waals surface area contributed by atoms with Crippen molar-refractivity contribution in [2.45, 2.75) is 17.3 Å². The molecule has 0 saturated heterocycles. The summed E-state index contributed by atoms with van der Waals surface area (Å²) in [7, 11) is 4.47. The average Bonchev–Trinajstić information content (AvgIpc) is 3.18. The van der Waals surface area contributed by atoms with Gasteiger partial charge in [-0.3, -0.25) is 4.79 Å². The Morgan fingerprint density at radius 1 is 1.06 bits per heavy atom. The SMILES string of the molecule is COc1cc(NC(=O)Cn2nc3c(SCc4ccccc4)nccn3c2=O)cc(OC)c1OC. The Morgan fingerprint density at radius 3 is 2.41 bits per heavy atom. The van der Waals surface area contributed by atoms with E-state index >= 15 is 0 Å². The highest BCUT2D eigenvalue weighted by molar-refractivity contribution is 7.98. The van der Waals surface area contributed by atoms with E-state index in [0.29, 0.717) is 39.4 Å². The molecular formula is C23H23N5O5S. The molecule has 2 aromatic heterocycles. The molecule has 4 rings (SSSR count). The molecular weight excluding hydrogens is 458 g/mol. The van der Waals surface area contributed by atoms with E-state index in [0.717, 1.165) is 10.2 Å². The summed E-state index contributed by atoms with van der Waals surface area (Å²) in [4.78, 5) is 29.9. The van der Waals surface area contributed by atoms with Crippen LogP contribution < -0.4 is 25.2 Å². The van der Waals surface area contributed by atoms with Gasteiger partial charge < -0.3 is 19.5 Å². The number of nitrogens with one attached hydrogen (secondary N) is 1. The largest absolute Gasteiger partial charge is 0.493 e. The summed E-state index contributed by atoms with van der Waals surface area (Å²) in [5.41, 5.74) is 1.52. The number of rotatable bonds is 9. The number of nitrogens with zero attached hydrogens (tertiary/aromatic N) is 4. The van der Waals surface area contributed by atoms with Crippen molar-refractivity contribution in [3.8, 4) is 17.2 Å². The predicted octanol–water partition coefficient (Wildman–Crippen LogP) is 2.85. The van der Waals surface area contributed by atoms with Crippen LogP contribution in [-0.4, -0.2) is 46.4 Å². The van der Waals surface area contributed by atoms with Gasteiger partial charge in [-0.15, -0.1) is 5.10 Å². The molecule has 0 spiro atoms. The lowest BCUT2D eigenvalue weighted by molar-refractivity contribution is -0.117. The van der Waals surface area contributed by atoms with E-state index < -0.39 is 11.6 Å². The topological polar surface area (TPSA) is 109 Å². The predicted molar refractivity (Wildman–Crippen MR) is 128 cm³/mol. The van der Waals surface area contributed by atoms with Crippen molar-refractivity contribution >= 4 is 29.0 Å². The number of carbonyl (C=O) groups excluding carboxylic acids is 1. The van der Waals surface area contributed by atoms with Gasteiger partial charge in [0.2, 0.25) is 11.7 Å². The molecule has 10 nitrogen and oxygen atoms in total. The van der Waals surface area contributed by atoms with Crippen molar-refractivity contribution in [2.24, 2.45) is 0 Å². The lowest BCUT2D eigenvalue weighted by atomic mass is 10.2. The van der Waals surface area contributed by atoms with Crippen molar-refractivity contribution < 1.29 is 19.0 Å². The third-order valence-electron chi connectivity index (χ3n) is 4.93. The molecule has 0 unspecified atom stereocenters. The van der Waals surface area contributed by atoms with Crippen LogP contribution in [0.3, 0.4) is 0 Å². The number of fused-ring (bicyclic) bond motifs is 1. The van der Waals surface area contributed by atoms with Crippen molar-refractivity contribution in [1.82, 2.24) is 19.2 Å². The van der Waals surface area contributed by atoms with Crippen LogP contribution >= 0.6 is 11.8 Å². The fourth-order valence-corrected chi connectivity index (χ4v) is 4.25. The van der Waals surface area contributed by atoms with E-state index in [-0.39, 0.29) is 6.54 Å². The standard InChI is InChI=1S/C23H23N5O5S/c1-31-17-11-16(12-18(32-2)20(17)33-3)25-19(29)13-28-23(30)27-10-9-24-22(21(27)26-28)34-14-15-7-5-4-6-8-15/h4-12H,13-14H2,1-3H3,(H,25,29). The molecule has 0 radical (unpaired) electrons. The van der Waals surface area contributed by atoms with Gasteiger partial charge in [-0.05, 0) is 5.56 Å². The molecule has 0 fully saturated rings. The summed E-state index contributed by atoms with van der Waals surface area (Å²) in [5.74, 6) is 1.44. The highest BCUT2D eigenvalue weighted by Gasteiger charge is 2.17. The molecule has 2 heterocycles. The zero-order valence-electron chi connectivity index (χ0n) is 18.8. The summed E-state index contributed by atoms with van der Waals surface area (Å²) in [6.45, 7) is -0.278. The lowest BCUT2D eigenvalue weighted by Crippen LogP contribution is -2.28. The van der Waals surface area contributed by atoms with E-state index in [2.05, 4.69) is 15.4 Å². The van der Waals surface area contributed by atoms with Crippen LogP contribution in [0.15, 0.2) is 64.7 Å². The second kappa shape index (κ2) is 10.3. The molecule has 4 aromatic rings. The zero-order valence-corrected chi connectivity index (χ0v) is 19.7. The van der Waals surface area contributed by atoms with Crippen LogP contribution in [0.1, 0.15) is 5.56 Å². The summed E-state index contributed by atoms with van der Waals surface area (Å²) in [6.07, 6.45) is 3.08. The summed E-state index contributed by atoms with van der Waals surface area (Å²) < 4.78 is 18.4. The number of methoxy groups -OCH3 is 3. The number of ether oxygens (including phenoxy) is 3. The van der Waals surface area contributed by atoms with Crippen LogP contribution in [0.4, 0.5) is 5.69 Å². The van der Waals surface area contributed by atoms with Gasteiger partial charge in [0, 0.05) is 36.0 Å². The first kappa shape index (κ1) is 23.2. The number of aromatic nitrogens is 4. The maximum Gasteiger partial charge on any atom is 0.350 e. The number of anilines is 1. The third kappa shape index (κ3) is 4.84. The Hall–Kier alpha value is -3.99. The number of carbonyl (C=O) groups is 1. The van der Waals surface area contributed by atoms with Gasteiger partial charge in [0.05, 0.1) is 21.3 Å². The molecule has 0 aliphatic carbocycles. The van der Waals surface area contributed by atoms with Gasteiger partial charge in [0.1, 0.15) is 11.6 Å². The Morgan fingerprint density at radius 2 is 1.76 bits per heavy atom. The molecule has 0 saturated carbocycles. The zero-order chi connectivity index (χ0) is 24.1. The number of hydrogen-bond donors (Lipinski definition) is 1. The quantitative estimate of drug-likeness (QED) is 0.364. The summed E-state index contributed by atoms with van der Waals surface area (Å²) >= 11 is 1.47. The van der Waals surface area contributed by atoms with Gasteiger partial charge >= 0.3 is 5.69 Å². The second-order valence-corrected chi connectivity index (χ2v) is 8.07. The molecule has 0 aliphatic heterocycles. The summed E-state index contributed by atoms with van der Waals surface area (Å²) in [6, 6.07) is 13.1. The second-order valence-electron chi connectivity index (χ2n) is 7.10. The Bertz CT molecular complexity index is 1340. The first-order valence-electron chi connectivity index (χ1n) is 10.2. The van der Waals surface area contributed by atoms with Crippen molar-refractivity contribution in [2.75, 3.05) is 26.6 Å². The van der Waals surface area contributed by atoms with Crippen LogP contribution in [0.5, 0.6) is 17.2 Å². The van der Waals surface area contributed by atoms with E-state index in [1.54, 1.807) is 18.3 Å². The minimum absolute atomic E-state index is 0.278. The monoisotopic (exact) mass is 481 g/mol. The van der Waals surface area contributed by atoms with Crippen LogP contribution in [-0.2, 0) is 17.1 Å². The van der Waals surface area contributed by atoms with Gasteiger partial charge in [0.25, 0.3) is 0 Å². The van der Waals surface area contributed by atoms with E-state index in [1.165, 1.54) is 43.7 Å². The molecule has 2 aromatic carbocycles. The van der Waals surface area contributed by atoms with Gasteiger partial charge in [0.15, 0.2) is 17.1 Å². The first-order chi connectivity index (χ1) is 16.5. The van der Waals surface area contributed by atoms with Crippen molar-refractivity contribution in [3.05, 3.63) is 70.9 Å². The van der Waals surface area contributed by atoms with Gasteiger partial charge in [-0.2, -0.15) is 0 Å². The van der Waals surface area contributed by atoms with E-state index in [9.17, 15) is 9.59 Å². The molecule has 176 valence electrons. The number of amides is 1. The maximum atomic E-state index is 12.8. The molecule has 0 bridgehead atoms. The van der Waals surface area contributed by atoms with Crippen LogP contribution in [0.2, 0.25) is 0 Å². The highest BCUT2D eigenvalue weighted by atomic mass is 32.2. The minimum Gasteiger partial charge on any atom is -0.493 e. The Kier molecular flexibility index (Phi) is 7.02. The number of benzene rings is 2. The van der Waals surface area contributed by atoms with Crippen LogP contribution in [0.25, 0.3) is 5.65 Å². The molecule has 34 heavy (non-hydrogen) atoms. The van der Waals surface area contributed by atoms with E-state index in [1.807, 2.05) is 30.3 Å². The van der Waals surface area contributed by atoms with Crippen molar-refractivity contribution in [3.63, 3.8) is 0 Å². The van der Waals surface area contributed by atoms with E-state index in [4.69, 9.17) is 14.2 Å². The smallest absolute Gasteiger partial charge is 0.350 e. The normalized spacial score (nSPS) is 10.8. The van der Waals surface area contributed by atoms with Crippen molar-refractivity contribution in [1.29, 1.82) is 0 Å². The molecule has 0 atom stereocenters. The maximum absolute atomic E-state index is 12.8. The van der Waals surface area contributed by atoms with Gasteiger partial charge in [-0.1, -0.05) is 42.1 Å². The first-order valence-corrected chi connectivity index (χ1v) is 11.2. The third-order valence-corrected chi connectivity index (χ3v) is 5.97. The molecule has 1 N–H and O–H groups in total. The average molecular weight is 482 g/mol. The Labute approximate surface area is 199 Å². The fraction of sp³-hybridized carbons (Fsp3) is 0.217. The molecule has 11 heteroatoms. The number of thioether (sulfide) groups is 1. The Balaban J connectivity index is 1.54. The molecule has 1 amide bonds. The number of hydrogen-bond acceptors (Lipinski definition) is 8. The molecule has 0 aliphatic rings.